The molecule has 0 aliphatic carbocycles. The van der Waals surface area contributed by atoms with Crippen LogP contribution in [0.25, 0.3) is 0 Å². The van der Waals surface area contributed by atoms with Gasteiger partial charge in [-0.15, -0.1) is 0 Å². The number of phosphoric ester groups is 1. The molecular weight excluding hydrogens is 541 g/mol. The first kappa shape index (κ1) is 29.2. The Morgan fingerprint density at radius 2 is 1.82 bits per heavy atom. The fourth-order valence-corrected chi connectivity index (χ4v) is 5.24. The van der Waals surface area contributed by atoms with E-state index in [-0.39, 0.29) is 29.9 Å². The van der Waals surface area contributed by atoms with Crippen molar-refractivity contribution in [2.24, 2.45) is 0 Å². The first-order valence-electron chi connectivity index (χ1n) is 12.1. The molecule has 17 heteroatoms. The van der Waals surface area contributed by atoms with E-state index in [1.54, 1.807) is 53.5 Å². The van der Waals surface area contributed by atoms with E-state index in [0.29, 0.717) is 0 Å². The molecule has 0 radical (unpaired) electrons. The highest BCUT2D eigenvalue weighted by molar-refractivity contribution is 7.48. The first-order chi connectivity index (χ1) is 18.0. The van der Waals surface area contributed by atoms with Crippen LogP contribution >= 0.6 is 7.82 Å². The van der Waals surface area contributed by atoms with E-state index in [0.717, 1.165) is 0 Å². The lowest BCUT2D eigenvalue weighted by atomic mass is 9.94. The summed E-state index contributed by atoms with van der Waals surface area (Å²) in [5, 5.41) is 16.7. The van der Waals surface area contributed by atoms with Crippen molar-refractivity contribution in [2.75, 3.05) is 36.3 Å². The Balaban J connectivity index is 1.69. The monoisotopic (exact) mass is 575 g/mol. The number of aliphatic hydroxyl groups excluding tert-OH is 1. The van der Waals surface area contributed by atoms with Crippen LogP contribution < -0.4 is 20.3 Å². The second-order valence-electron chi connectivity index (χ2n) is 11.1. The standard InChI is InChI=1S/C22H34N5O11P/c1-21(2,3)36-19(29)26-18-24-15-12(16(25-18)35-20(30)37-22(4,5)6)23-11-13(28)14-10(34-17(11)27(15)7)9-33-39(31,32-8)38-14/h10-11,13-14,17,23,28H,9H2,1-8H3,(H,24,25,26,29). The molecule has 0 bridgehead atoms. The predicted molar refractivity (Wildman–Crippen MR) is 135 cm³/mol. The number of nitrogens with zero attached hydrogens (tertiary/aromatic N) is 3. The molecule has 3 N–H and O–H groups in total. The van der Waals surface area contributed by atoms with Gasteiger partial charge in [-0.05, 0) is 41.5 Å². The zero-order chi connectivity index (χ0) is 28.9. The topological polar surface area (TPSA) is 189 Å². The van der Waals surface area contributed by atoms with Crippen molar-refractivity contribution in [3.8, 4) is 5.88 Å². The summed E-state index contributed by atoms with van der Waals surface area (Å²) in [5.41, 5.74) is -1.56. The number of phosphoric acid groups is 1. The smallest absolute Gasteiger partial charge is 0.444 e. The van der Waals surface area contributed by atoms with Gasteiger partial charge in [0.15, 0.2) is 12.0 Å². The highest BCUT2D eigenvalue weighted by Gasteiger charge is 2.55. The minimum Gasteiger partial charge on any atom is -0.444 e. The van der Waals surface area contributed by atoms with Gasteiger partial charge >= 0.3 is 20.1 Å². The van der Waals surface area contributed by atoms with Crippen LogP contribution in [0.3, 0.4) is 0 Å². The van der Waals surface area contributed by atoms with Crippen LogP contribution in [0, 0.1) is 0 Å². The minimum absolute atomic E-state index is 0.0995. The zero-order valence-electron chi connectivity index (χ0n) is 22.9. The third kappa shape index (κ3) is 6.53. The summed E-state index contributed by atoms with van der Waals surface area (Å²) in [7, 11) is -1.09. The normalized spacial score (nSPS) is 30.2. The SMILES string of the molecule is COP1(=O)OCC2OC3C(Nc4c(OC(=O)OC(C)(C)C)nc(NC(=O)OC(C)(C)C)nc4N3C)C(O)C2O1. The van der Waals surface area contributed by atoms with E-state index in [1.807, 2.05) is 0 Å². The molecule has 1 aromatic rings. The van der Waals surface area contributed by atoms with Gasteiger partial charge in [0, 0.05) is 14.2 Å². The number of aliphatic hydroxyl groups is 1. The van der Waals surface area contributed by atoms with Crippen LogP contribution in [0.2, 0.25) is 0 Å². The number of carbonyl (C=O) groups is 2. The zero-order valence-corrected chi connectivity index (χ0v) is 23.8. The maximum Gasteiger partial charge on any atom is 0.515 e. The number of hydrogen-bond acceptors (Lipinski definition) is 15. The van der Waals surface area contributed by atoms with Gasteiger partial charge in [-0.3, -0.25) is 18.9 Å². The number of rotatable bonds is 3. The van der Waals surface area contributed by atoms with Crippen molar-refractivity contribution in [3.05, 3.63) is 0 Å². The average molecular weight is 576 g/mol. The highest BCUT2D eigenvalue weighted by Crippen LogP contribution is 2.55. The summed E-state index contributed by atoms with van der Waals surface area (Å²) in [6.07, 6.45) is -5.85. The lowest BCUT2D eigenvalue weighted by molar-refractivity contribution is -0.198. The fourth-order valence-electron chi connectivity index (χ4n) is 4.10. The van der Waals surface area contributed by atoms with E-state index in [1.165, 1.54) is 7.11 Å². The molecule has 6 atom stereocenters. The van der Waals surface area contributed by atoms with Crippen LogP contribution in [0.15, 0.2) is 0 Å². The summed E-state index contributed by atoms with van der Waals surface area (Å²) in [4.78, 5) is 35.1. The van der Waals surface area contributed by atoms with Crippen LogP contribution in [-0.4, -0.2) is 89.9 Å². The van der Waals surface area contributed by atoms with Crippen molar-refractivity contribution in [3.63, 3.8) is 0 Å². The summed E-state index contributed by atoms with van der Waals surface area (Å²) in [5.74, 6) is -0.356. The van der Waals surface area contributed by atoms with E-state index in [4.69, 9.17) is 32.5 Å². The Kier molecular flexibility index (Phi) is 7.75. The Bertz CT molecular complexity index is 1170. The van der Waals surface area contributed by atoms with E-state index in [9.17, 15) is 19.3 Å². The Morgan fingerprint density at radius 3 is 2.44 bits per heavy atom. The van der Waals surface area contributed by atoms with Crippen molar-refractivity contribution in [1.82, 2.24) is 9.97 Å². The minimum atomic E-state index is -3.88. The van der Waals surface area contributed by atoms with Crippen molar-refractivity contribution >= 4 is 37.5 Å². The van der Waals surface area contributed by atoms with E-state index < -0.39 is 61.9 Å². The lowest BCUT2D eigenvalue weighted by Crippen LogP contribution is -2.68. The molecule has 6 unspecified atom stereocenters. The van der Waals surface area contributed by atoms with E-state index >= 15 is 0 Å². The highest BCUT2D eigenvalue weighted by atomic mass is 31.2. The Morgan fingerprint density at radius 1 is 1.15 bits per heavy atom. The van der Waals surface area contributed by atoms with Crippen molar-refractivity contribution in [2.45, 2.75) is 83.3 Å². The molecule has 39 heavy (non-hydrogen) atoms. The largest absolute Gasteiger partial charge is 0.515 e. The summed E-state index contributed by atoms with van der Waals surface area (Å²) < 4.78 is 50.1. The molecule has 16 nitrogen and oxygen atoms in total. The van der Waals surface area contributed by atoms with E-state index in [2.05, 4.69) is 20.6 Å². The van der Waals surface area contributed by atoms with Crippen LogP contribution in [0.5, 0.6) is 5.88 Å². The number of ether oxygens (including phenoxy) is 4. The van der Waals surface area contributed by atoms with Crippen LogP contribution in [0.1, 0.15) is 41.5 Å². The quantitative estimate of drug-likeness (QED) is 0.352. The molecule has 3 aliphatic rings. The first-order valence-corrected chi connectivity index (χ1v) is 13.6. The van der Waals surface area contributed by atoms with Crippen molar-refractivity contribution < 1.29 is 51.8 Å². The lowest BCUT2D eigenvalue weighted by Gasteiger charge is -2.51. The van der Waals surface area contributed by atoms with Crippen molar-refractivity contribution in [1.29, 1.82) is 0 Å². The Labute approximate surface area is 225 Å². The average Bonchev–Trinajstić information content (AvgIpc) is 2.78. The van der Waals surface area contributed by atoms with Gasteiger partial charge in [0.1, 0.15) is 41.2 Å². The number of fused-ring (bicyclic) bond motifs is 3. The predicted octanol–water partition coefficient (Wildman–Crippen LogP) is 2.62. The van der Waals surface area contributed by atoms with Gasteiger partial charge in [0.05, 0.1) is 6.61 Å². The van der Waals surface area contributed by atoms with Gasteiger partial charge < -0.3 is 34.3 Å². The molecule has 3 aliphatic heterocycles. The molecule has 0 spiro atoms. The molecule has 2 fully saturated rings. The number of anilines is 3. The third-order valence-corrected chi connectivity index (χ3v) is 7.04. The molecule has 1 aromatic heterocycles. The third-order valence-electron chi connectivity index (χ3n) is 5.63. The number of carbonyl (C=O) groups excluding carboxylic acids is 2. The number of amides is 1. The number of hydrogen-bond donors (Lipinski definition) is 3. The summed E-state index contributed by atoms with van der Waals surface area (Å²) in [6.45, 7) is 9.91. The second-order valence-corrected chi connectivity index (χ2v) is 12.8. The molecule has 218 valence electrons. The number of nitrogens with one attached hydrogen (secondary N) is 2. The molecule has 0 saturated carbocycles. The van der Waals surface area contributed by atoms with Gasteiger partial charge in [0.25, 0.3) is 5.88 Å². The summed E-state index contributed by atoms with van der Waals surface area (Å²) >= 11 is 0. The summed E-state index contributed by atoms with van der Waals surface area (Å²) in [6, 6.07) is -0.888. The number of likely N-dealkylation sites (N-methyl/N-ethyl adjacent to an activating group) is 1. The number of aromatic nitrogens is 2. The second kappa shape index (κ2) is 10.3. The van der Waals surface area contributed by atoms with Gasteiger partial charge in [-0.25, -0.2) is 14.2 Å². The molecule has 2 saturated heterocycles. The molecule has 4 rings (SSSR count). The maximum atomic E-state index is 12.5. The molecule has 0 aromatic carbocycles. The Hall–Kier alpha value is -2.75. The van der Waals surface area contributed by atoms with Gasteiger partial charge in [-0.2, -0.15) is 9.97 Å². The van der Waals surface area contributed by atoms with Crippen LogP contribution in [-0.2, 0) is 32.3 Å². The van der Waals surface area contributed by atoms with Crippen LogP contribution in [0.4, 0.5) is 27.0 Å². The fraction of sp³-hybridized carbons (Fsp3) is 0.727. The maximum absolute atomic E-state index is 12.5. The molecular formula is C22H34N5O11P. The molecule has 1 amide bonds. The van der Waals surface area contributed by atoms with Gasteiger partial charge in [-0.1, -0.05) is 0 Å². The van der Waals surface area contributed by atoms with Gasteiger partial charge in [0.2, 0.25) is 5.95 Å². The molecule has 4 heterocycles.